The standard InChI is InChI=1S/C26H31NO6/c1-5-7-16-32-25(31)26(3,4)15-14-17(6-2)24(30)33-27-22(28)19-12-8-10-18-11-9-13-20(21(18)19)23(27)29/h8-13,17H,5-7,14-16H2,1-4H3. The summed E-state index contributed by atoms with van der Waals surface area (Å²) in [5, 5.41) is 1.90. The predicted octanol–water partition coefficient (Wildman–Crippen LogP) is 5.07. The first-order valence-electron chi connectivity index (χ1n) is 11.5. The lowest BCUT2D eigenvalue weighted by Gasteiger charge is -2.28. The van der Waals surface area contributed by atoms with E-state index < -0.39 is 29.1 Å². The number of hydroxylamine groups is 2. The molecular weight excluding hydrogens is 422 g/mol. The molecule has 3 rings (SSSR count). The summed E-state index contributed by atoms with van der Waals surface area (Å²) < 4.78 is 5.33. The normalized spacial score (nSPS) is 14.4. The van der Waals surface area contributed by atoms with E-state index in [-0.39, 0.29) is 5.97 Å². The van der Waals surface area contributed by atoms with Crippen LogP contribution in [0.25, 0.3) is 10.8 Å². The average Bonchev–Trinajstić information content (AvgIpc) is 2.80. The van der Waals surface area contributed by atoms with E-state index in [1.807, 2.05) is 26.0 Å². The largest absolute Gasteiger partial charge is 0.465 e. The van der Waals surface area contributed by atoms with E-state index in [1.165, 1.54) is 0 Å². The van der Waals surface area contributed by atoms with Gasteiger partial charge < -0.3 is 9.57 Å². The SMILES string of the molecule is CCCCOC(=O)C(C)(C)CCC(CC)C(=O)ON1C(=O)c2cccc3cccc(c23)C1=O. The molecule has 7 nitrogen and oxygen atoms in total. The third kappa shape index (κ3) is 5.07. The predicted molar refractivity (Wildman–Crippen MR) is 123 cm³/mol. The number of esters is 1. The lowest BCUT2D eigenvalue weighted by molar-refractivity contribution is -0.175. The summed E-state index contributed by atoms with van der Waals surface area (Å²) in [5.74, 6) is -2.85. The number of benzene rings is 2. The first-order chi connectivity index (χ1) is 15.7. The van der Waals surface area contributed by atoms with Gasteiger partial charge in [0.1, 0.15) is 0 Å². The van der Waals surface area contributed by atoms with Crippen LogP contribution < -0.4 is 0 Å². The van der Waals surface area contributed by atoms with Crippen LogP contribution in [0.15, 0.2) is 36.4 Å². The van der Waals surface area contributed by atoms with Crippen LogP contribution in [0.4, 0.5) is 0 Å². The summed E-state index contributed by atoms with van der Waals surface area (Å²) in [6.45, 7) is 7.80. The summed E-state index contributed by atoms with van der Waals surface area (Å²) in [7, 11) is 0. The highest BCUT2D eigenvalue weighted by Gasteiger charge is 2.38. The van der Waals surface area contributed by atoms with E-state index in [0.29, 0.717) is 47.4 Å². The molecule has 1 heterocycles. The summed E-state index contributed by atoms with van der Waals surface area (Å²) in [6, 6.07) is 10.3. The van der Waals surface area contributed by atoms with Crippen LogP contribution >= 0.6 is 0 Å². The summed E-state index contributed by atoms with van der Waals surface area (Å²) in [6.07, 6.45) is 2.97. The lowest BCUT2D eigenvalue weighted by Crippen LogP contribution is -2.43. The minimum atomic E-state index is -0.757. The number of imide groups is 1. The maximum Gasteiger partial charge on any atom is 0.336 e. The van der Waals surface area contributed by atoms with Crippen molar-refractivity contribution in [1.29, 1.82) is 0 Å². The zero-order valence-corrected chi connectivity index (χ0v) is 19.7. The van der Waals surface area contributed by atoms with E-state index in [1.54, 1.807) is 38.1 Å². The second-order valence-corrected chi connectivity index (χ2v) is 9.04. The molecule has 0 saturated carbocycles. The van der Waals surface area contributed by atoms with E-state index >= 15 is 0 Å². The van der Waals surface area contributed by atoms with Crippen molar-refractivity contribution in [2.45, 2.75) is 59.8 Å². The number of hydrogen-bond donors (Lipinski definition) is 0. The maximum absolute atomic E-state index is 13.0. The molecule has 0 fully saturated rings. The van der Waals surface area contributed by atoms with Crippen molar-refractivity contribution in [1.82, 2.24) is 5.06 Å². The molecule has 0 bridgehead atoms. The summed E-state index contributed by atoms with van der Waals surface area (Å²) >= 11 is 0. The van der Waals surface area contributed by atoms with Crippen LogP contribution in [0.2, 0.25) is 0 Å². The van der Waals surface area contributed by atoms with Gasteiger partial charge in [0, 0.05) is 5.39 Å². The molecule has 1 atom stereocenters. The van der Waals surface area contributed by atoms with E-state index in [4.69, 9.17) is 9.57 Å². The molecule has 2 aromatic rings. The van der Waals surface area contributed by atoms with Gasteiger partial charge in [0.25, 0.3) is 11.8 Å². The Labute approximate surface area is 194 Å². The Hall–Kier alpha value is -3.22. The van der Waals surface area contributed by atoms with Crippen molar-refractivity contribution >= 4 is 34.5 Å². The van der Waals surface area contributed by atoms with Crippen molar-refractivity contribution in [2.75, 3.05) is 6.61 Å². The first kappa shape index (κ1) is 24.4. The zero-order chi connectivity index (χ0) is 24.2. The van der Waals surface area contributed by atoms with Crippen LogP contribution in [0.5, 0.6) is 0 Å². The van der Waals surface area contributed by atoms with Gasteiger partial charge in [0.2, 0.25) is 0 Å². The lowest BCUT2D eigenvalue weighted by atomic mass is 9.84. The third-order valence-electron chi connectivity index (χ3n) is 6.14. The third-order valence-corrected chi connectivity index (χ3v) is 6.14. The topological polar surface area (TPSA) is 90.0 Å². The first-order valence-corrected chi connectivity index (χ1v) is 11.5. The summed E-state index contributed by atoms with van der Waals surface area (Å²) in [4.78, 5) is 56.5. The Morgan fingerprint density at radius 3 is 2.15 bits per heavy atom. The van der Waals surface area contributed by atoms with Crippen LogP contribution in [-0.2, 0) is 19.2 Å². The molecule has 0 N–H and O–H groups in total. The maximum atomic E-state index is 13.0. The van der Waals surface area contributed by atoms with Gasteiger partial charge in [-0.05, 0) is 57.0 Å². The minimum absolute atomic E-state index is 0.301. The molecule has 2 aromatic carbocycles. The van der Waals surface area contributed by atoms with Gasteiger partial charge in [0.15, 0.2) is 0 Å². The van der Waals surface area contributed by atoms with E-state index in [2.05, 4.69) is 0 Å². The van der Waals surface area contributed by atoms with Gasteiger partial charge in [-0.25, -0.2) is 4.79 Å². The smallest absolute Gasteiger partial charge is 0.336 e. The Kier molecular flexibility index (Phi) is 7.51. The number of carbonyl (C=O) groups is 4. The van der Waals surface area contributed by atoms with Crippen LogP contribution in [0, 0.1) is 11.3 Å². The van der Waals surface area contributed by atoms with Crippen molar-refractivity contribution in [3.8, 4) is 0 Å². The Morgan fingerprint density at radius 1 is 1.00 bits per heavy atom. The van der Waals surface area contributed by atoms with Crippen molar-refractivity contribution in [3.63, 3.8) is 0 Å². The molecule has 0 radical (unpaired) electrons. The monoisotopic (exact) mass is 453 g/mol. The van der Waals surface area contributed by atoms with Gasteiger partial charge in [-0.15, -0.1) is 0 Å². The van der Waals surface area contributed by atoms with Gasteiger partial charge in [-0.3, -0.25) is 14.4 Å². The fourth-order valence-electron chi connectivity index (χ4n) is 3.89. The highest BCUT2D eigenvalue weighted by atomic mass is 16.7. The number of hydrogen-bond acceptors (Lipinski definition) is 6. The second-order valence-electron chi connectivity index (χ2n) is 9.04. The van der Waals surface area contributed by atoms with Crippen LogP contribution in [0.1, 0.15) is 80.5 Å². The number of carbonyl (C=O) groups excluding carboxylic acids is 4. The fraction of sp³-hybridized carbons (Fsp3) is 0.462. The minimum Gasteiger partial charge on any atom is -0.465 e. The second kappa shape index (κ2) is 10.1. The number of nitrogens with zero attached hydrogens (tertiary/aromatic N) is 1. The van der Waals surface area contributed by atoms with E-state index in [9.17, 15) is 19.2 Å². The molecule has 2 amide bonds. The van der Waals surface area contributed by atoms with Gasteiger partial charge in [-0.1, -0.05) is 49.6 Å². The Bertz CT molecular complexity index is 1020. The van der Waals surface area contributed by atoms with Gasteiger partial charge >= 0.3 is 11.9 Å². The number of rotatable bonds is 10. The highest BCUT2D eigenvalue weighted by molar-refractivity contribution is 6.25. The summed E-state index contributed by atoms with van der Waals surface area (Å²) in [5.41, 5.74) is -0.119. The molecule has 0 aliphatic carbocycles. The zero-order valence-electron chi connectivity index (χ0n) is 19.7. The molecule has 33 heavy (non-hydrogen) atoms. The molecule has 0 aromatic heterocycles. The molecule has 1 aliphatic rings. The van der Waals surface area contributed by atoms with Gasteiger partial charge in [0.05, 0.1) is 29.1 Å². The molecule has 7 heteroatoms. The van der Waals surface area contributed by atoms with E-state index in [0.717, 1.165) is 18.2 Å². The molecule has 0 spiro atoms. The number of amides is 2. The highest BCUT2D eigenvalue weighted by Crippen LogP contribution is 2.32. The quantitative estimate of drug-likeness (QED) is 0.283. The molecule has 1 unspecified atom stereocenters. The van der Waals surface area contributed by atoms with Crippen molar-refractivity contribution < 1.29 is 28.8 Å². The Morgan fingerprint density at radius 2 is 1.61 bits per heavy atom. The average molecular weight is 454 g/mol. The van der Waals surface area contributed by atoms with Gasteiger partial charge in [-0.2, -0.15) is 0 Å². The molecular formula is C26H31NO6. The molecule has 0 saturated heterocycles. The van der Waals surface area contributed by atoms with Crippen molar-refractivity contribution in [2.24, 2.45) is 11.3 Å². The Balaban J connectivity index is 1.69. The number of unbranched alkanes of at least 4 members (excludes halogenated alkanes) is 1. The molecule has 1 aliphatic heterocycles. The van der Waals surface area contributed by atoms with Crippen LogP contribution in [-0.4, -0.2) is 35.4 Å². The molecule has 176 valence electrons. The number of ether oxygens (including phenoxy) is 1. The fourth-order valence-corrected chi connectivity index (χ4v) is 3.89. The van der Waals surface area contributed by atoms with Crippen molar-refractivity contribution in [3.05, 3.63) is 47.5 Å². The van der Waals surface area contributed by atoms with Crippen LogP contribution in [0.3, 0.4) is 0 Å².